The van der Waals surface area contributed by atoms with Gasteiger partial charge < -0.3 is 20.3 Å². The molecule has 0 spiro atoms. The van der Waals surface area contributed by atoms with E-state index in [1.807, 2.05) is 6.08 Å². The van der Waals surface area contributed by atoms with Crippen LogP contribution in [0.3, 0.4) is 0 Å². The summed E-state index contributed by atoms with van der Waals surface area (Å²) in [6, 6.07) is -0.629. The van der Waals surface area contributed by atoms with Crippen molar-refractivity contribution in [2.24, 2.45) is 0 Å². The zero-order chi connectivity index (χ0) is 45.8. The smallest absolute Gasteiger partial charge is 0.305 e. The van der Waals surface area contributed by atoms with Crippen LogP contribution in [0.4, 0.5) is 0 Å². The number of carbonyl (C=O) groups is 2. The lowest BCUT2D eigenvalue weighted by molar-refractivity contribution is -0.143. The van der Waals surface area contributed by atoms with Gasteiger partial charge >= 0.3 is 5.97 Å². The van der Waals surface area contributed by atoms with Gasteiger partial charge in [0, 0.05) is 12.8 Å². The summed E-state index contributed by atoms with van der Waals surface area (Å²) in [6.45, 7) is 4.89. The monoisotopic (exact) mass is 888 g/mol. The highest BCUT2D eigenvalue weighted by molar-refractivity contribution is 5.76. The average molecular weight is 889 g/mol. The third-order valence-electron chi connectivity index (χ3n) is 13.0. The van der Waals surface area contributed by atoms with Crippen molar-refractivity contribution in [1.29, 1.82) is 0 Å². The predicted octanol–water partition coefficient (Wildman–Crippen LogP) is 17.1. The molecule has 0 bridgehead atoms. The van der Waals surface area contributed by atoms with E-state index in [0.29, 0.717) is 19.4 Å². The van der Waals surface area contributed by atoms with Crippen molar-refractivity contribution in [3.63, 3.8) is 0 Å². The van der Waals surface area contributed by atoms with Crippen LogP contribution in [0.2, 0.25) is 0 Å². The lowest BCUT2D eigenvalue weighted by Crippen LogP contribution is -2.45. The second kappa shape index (κ2) is 53.0. The van der Waals surface area contributed by atoms with E-state index in [9.17, 15) is 19.8 Å². The van der Waals surface area contributed by atoms with Crippen molar-refractivity contribution < 1.29 is 24.5 Å². The summed E-state index contributed by atoms with van der Waals surface area (Å²) in [5.41, 5.74) is 0. The van der Waals surface area contributed by atoms with Crippen LogP contribution in [0.1, 0.15) is 303 Å². The minimum absolute atomic E-state index is 0.000982. The number of nitrogens with one attached hydrogen (secondary N) is 1. The summed E-state index contributed by atoms with van der Waals surface area (Å²) in [5, 5.41) is 23.0. The quantitative estimate of drug-likeness (QED) is 0.0321. The molecule has 0 aliphatic rings. The molecule has 0 aliphatic heterocycles. The highest BCUT2D eigenvalue weighted by Gasteiger charge is 2.18. The molecule has 0 saturated heterocycles. The van der Waals surface area contributed by atoms with Gasteiger partial charge in [0.15, 0.2) is 0 Å². The van der Waals surface area contributed by atoms with Gasteiger partial charge in [-0.1, -0.05) is 256 Å². The van der Waals surface area contributed by atoms with E-state index in [2.05, 4.69) is 31.3 Å². The molecule has 0 aromatic carbocycles. The molecule has 1 amide bonds. The van der Waals surface area contributed by atoms with Gasteiger partial charge in [-0.15, -0.1) is 0 Å². The number of unbranched alkanes of at least 4 members (excludes halogenated alkanes) is 39. The normalized spacial score (nSPS) is 12.8. The second-order valence-electron chi connectivity index (χ2n) is 19.3. The molecule has 0 aromatic heterocycles. The summed E-state index contributed by atoms with van der Waals surface area (Å²) >= 11 is 0. The Hall–Kier alpha value is -1.66. The number of rotatable bonds is 52. The number of amides is 1. The molecule has 3 N–H and O–H groups in total. The maximum absolute atomic E-state index is 12.4. The van der Waals surface area contributed by atoms with Gasteiger partial charge in [0.1, 0.15) is 0 Å². The van der Waals surface area contributed by atoms with E-state index in [1.54, 1.807) is 6.08 Å². The number of aliphatic hydroxyl groups is 2. The van der Waals surface area contributed by atoms with Crippen LogP contribution in [-0.4, -0.2) is 47.4 Å². The molecule has 6 nitrogen and oxygen atoms in total. The Bertz CT molecular complexity index is 982. The first-order valence-electron chi connectivity index (χ1n) is 28.1. The minimum Gasteiger partial charge on any atom is -0.466 e. The van der Waals surface area contributed by atoms with E-state index in [-0.39, 0.29) is 18.5 Å². The molecule has 63 heavy (non-hydrogen) atoms. The fourth-order valence-corrected chi connectivity index (χ4v) is 8.63. The van der Waals surface area contributed by atoms with Gasteiger partial charge in [0.05, 0.1) is 25.4 Å². The molecule has 6 heteroatoms. The number of ether oxygens (including phenoxy) is 1. The van der Waals surface area contributed by atoms with E-state index in [0.717, 1.165) is 44.9 Å². The number of aliphatic hydroxyl groups excluding tert-OH is 2. The number of allylic oxidation sites excluding steroid dienone is 3. The summed E-state index contributed by atoms with van der Waals surface area (Å²) in [7, 11) is 0. The van der Waals surface area contributed by atoms with Gasteiger partial charge in [-0.05, 0) is 57.8 Å². The van der Waals surface area contributed by atoms with Crippen molar-refractivity contribution >= 4 is 11.9 Å². The van der Waals surface area contributed by atoms with E-state index < -0.39 is 12.1 Å². The Morgan fingerprint density at radius 3 is 1.13 bits per heavy atom. The van der Waals surface area contributed by atoms with Gasteiger partial charge in [0.2, 0.25) is 5.91 Å². The molecule has 0 fully saturated rings. The van der Waals surface area contributed by atoms with Crippen molar-refractivity contribution in [3.8, 4) is 0 Å². The van der Waals surface area contributed by atoms with E-state index in [4.69, 9.17) is 4.74 Å². The predicted molar refractivity (Wildman–Crippen MR) is 273 cm³/mol. The number of hydrogen-bond acceptors (Lipinski definition) is 5. The van der Waals surface area contributed by atoms with Crippen molar-refractivity contribution in [2.75, 3.05) is 13.2 Å². The fourth-order valence-electron chi connectivity index (χ4n) is 8.63. The Labute approximate surface area is 392 Å². The Morgan fingerprint density at radius 1 is 0.429 bits per heavy atom. The first kappa shape index (κ1) is 61.3. The molecule has 0 saturated carbocycles. The van der Waals surface area contributed by atoms with Crippen LogP contribution >= 0.6 is 0 Å². The SMILES string of the molecule is CCCCCCCCC/C=C\CCCCCCCC(=O)OCCCCCCCCCCCCCCCCCCCCC(=O)NC(CO)C(O)/C=C/CCCCCCCCCCCC. The summed E-state index contributed by atoms with van der Waals surface area (Å²) in [6.07, 6.45) is 63.3. The molecule has 372 valence electrons. The van der Waals surface area contributed by atoms with Crippen molar-refractivity contribution in [1.82, 2.24) is 5.32 Å². The van der Waals surface area contributed by atoms with Gasteiger partial charge in [-0.25, -0.2) is 0 Å². The topological polar surface area (TPSA) is 95.9 Å². The van der Waals surface area contributed by atoms with E-state index >= 15 is 0 Å². The number of hydrogen-bond donors (Lipinski definition) is 3. The van der Waals surface area contributed by atoms with Crippen LogP contribution in [0, 0.1) is 0 Å². The van der Waals surface area contributed by atoms with Crippen LogP contribution in [0.5, 0.6) is 0 Å². The van der Waals surface area contributed by atoms with Gasteiger partial charge in [-0.2, -0.15) is 0 Å². The largest absolute Gasteiger partial charge is 0.466 e. The second-order valence-corrected chi connectivity index (χ2v) is 19.3. The highest BCUT2D eigenvalue weighted by Crippen LogP contribution is 2.16. The first-order valence-corrected chi connectivity index (χ1v) is 28.1. The van der Waals surface area contributed by atoms with Crippen LogP contribution in [0.25, 0.3) is 0 Å². The fraction of sp³-hybridized carbons (Fsp3) is 0.895. The Kier molecular flexibility index (Phi) is 51.6. The summed E-state index contributed by atoms with van der Waals surface area (Å²) in [4.78, 5) is 24.5. The van der Waals surface area contributed by atoms with E-state index in [1.165, 1.54) is 231 Å². The summed E-state index contributed by atoms with van der Waals surface area (Å²) in [5.74, 6) is -0.0735. The zero-order valence-electron chi connectivity index (χ0n) is 42.3. The van der Waals surface area contributed by atoms with Gasteiger partial charge in [-0.3, -0.25) is 9.59 Å². The third kappa shape index (κ3) is 49.6. The maximum atomic E-state index is 12.4. The molecular formula is C57H109NO5. The molecule has 0 radical (unpaired) electrons. The Balaban J connectivity index is 3.41. The minimum atomic E-state index is -0.846. The summed E-state index contributed by atoms with van der Waals surface area (Å²) < 4.78 is 5.48. The van der Waals surface area contributed by atoms with Crippen LogP contribution in [-0.2, 0) is 14.3 Å². The standard InChI is InChI=1S/C57H109NO5/c1-3-5-7-9-11-13-15-17-18-24-27-31-35-39-43-47-51-57(62)63-52-48-44-40-36-32-28-25-22-20-19-21-23-26-30-34-38-42-46-50-56(61)58-54(53-59)55(60)49-45-41-37-33-29-16-14-12-10-8-6-4-2/h18,24,45,49,54-55,59-60H,3-17,19-23,25-44,46-48,50-53H2,1-2H3,(H,58,61)/b24-18-,49-45+. The maximum Gasteiger partial charge on any atom is 0.305 e. The molecule has 0 aromatic rings. The highest BCUT2D eigenvalue weighted by atomic mass is 16.5. The van der Waals surface area contributed by atoms with Crippen molar-refractivity contribution in [3.05, 3.63) is 24.3 Å². The molecule has 0 aliphatic carbocycles. The van der Waals surface area contributed by atoms with Crippen molar-refractivity contribution in [2.45, 2.75) is 315 Å². The molecule has 2 atom stereocenters. The number of esters is 1. The lowest BCUT2D eigenvalue weighted by Gasteiger charge is -2.20. The molecule has 2 unspecified atom stereocenters. The molecule has 0 heterocycles. The number of carbonyl (C=O) groups excluding carboxylic acids is 2. The Morgan fingerprint density at radius 2 is 0.746 bits per heavy atom. The van der Waals surface area contributed by atoms with Crippen LogP contribution < -0.4 is 5.32 Å². The van der Waals surface area contributed by atoms with Gasteiger partial charge in [0.25, 0.3) is 0 Å². The van der Waals surface area contributed by atoms with Crippen LogP contribution in [0.15, 0.2) is 24.3 Å². The molecule has 0 rings (SSSR count). The third-order valence-corrected chi connectivity index (χ3v) is 13.0. The average Bonchev–Trinajstić information content (AvgIpc) is 3.28. The molecular weight excluding hydrogens is 779 g/mol. The first-order chi connectivity index (χ1) is 31.0. The lowest BCUT2D eigenvalue weighted by atomic mass is 10.0. The zero-order valence-corrected chi connectivity index (χ0v) is 42.3.